The van der Waals surface area contributed by atoms with E-state index in [9.17, 15) is 4.79 Å². The first kappa shape index (κ1) is 10.7. The highest BCUT2D eigenvalue weighted by Crippen LogP contribution is 2.39. The minimum absolute atomic E-state index is 0.454. The zero-order valence-electron chi connectivity index (χ0n) is 8.97. The predicted molar refractivity (Wildman–Crippen MR) is 59.6 cm³/mol. The van der Waals surface area contributed by atoms with E-state index in [-0.39, 0.29) is 0 Å². The summed E-state index contributed by atoms with van der Waals surface area (Å²) < 4.78 is 0. The maximum Gasteiger partial charge on any atom is 0.133 e. The molecule has 0 heterocycles. The number of ketones is 1. The lowest BCUT2D eigenvalue weighted by Crippen LogP contribution is -2.31. The van der Waals surface area contributed by atoms with Crippen molar-refractivity contribution >= 4 is 13.9 Å². The molecule has 0 amide bonds. The van der Waals surface area contributed by atoms with Gasteiger partial charge in [0.1, 0.15) is 5.78 Å². The van der Waals surface area contributed by atoms with Crippen molar-refractivity contribution in [2.75, 3.05) is 0 Å². The fourth-order valence-electron chi connectivity index (χ4n) is 2.40. The number of carbonyl (C=O) groups is 1. The van der Waals surface area contributed by atoms with E-state index in [2.05, 4.69) is 32.3 Å². The average Bonchev–Trinajstić information content (AvgIpc) is 2.34. The van der Waals surface area contributed by atoms with Crippen LogP contribution in [0.2, 0.25) is 25.2 Å². The molecule has 0 aromatic heterocycles. The molecule has 1 aliphatic rings. The van der Waals surface area contributed by atoms with Gasteiger partial charge in [0.25, 0.3) is 0 Å². The van der Waals surface area contributed by atoms with E-state index >= 15 is 0 Å². The first-order chi connectivity index (χ1) is 5.95. The van der Waals surface area contributed by atoms with Gasteiger partial charge in [0.15, 0.2) is 0 Å². The summed E-state index contributed by atoms with van der Waals surface area (Å²) in [5.41, 5.74) is 0.624. The number of hydrogen-bond acceptors (Lipinski definition) is 1. The molecule has 1 saturated carbocycles. The first-order valence-corrected chi connectivity index (χ1v) is 8.67. The Balaban J connectivity index is 2.68. The van der Waals surface area contributed by atoms with Crippen molar-refractivity contribution < 1.29 is 4.79 Å². The van der Waals surface area contributed by atoms with Crippen LogP contribution in [0.4, 0.5) is 0 Å². The van der Waals surface area contributed by atoms with E-state index in [0.717, 1.165) is 19.3 Å². The third-order valence-corrected chi connectivity index (χ3v) is 5.75. The Morgan fingerprint density at radius 3 is 2.46 bits per heavy atom. The lowest BCUT2D eigenvalue weighted by molar-refractivity contribution is -0.117. The van der Waals surface area contributed by atoms with Gasteiger partial charge in [-0.2, -0.15) is 0 Å². The van der Waals surface area contributed by atoms with E-state index < -0.39 is 8.07 Å². The Bertz CT molecular complexity index is 215. The van der Waals surface area contributed by atoms with Crippen molar-refractivity contribution in [1.29, 1.82) is 0 Å². The van der Waals surface area contributed by atoms with Crippen LogP contribution in [0.5, 0.6) is 0 Å². The first-order valence-electron chi connectivity index (χ1n) is 5.09. The fraction of sp³-hybridized carbons (Fsp3) is 0.727. The molecule has 2 atom stereocenters. The molecule has 1 aliphatic carbocycles. The highest BCUT2D eigenvalue weighted by molar-refractivity contribution is 6.78. The zero-order valence-corrected chi connectivity index (χ0v) is 9.97. The second kappa shape index (κ2) is 3.78. The molecular weight excluding hydrogens is 176 g/mol. The van der Waals surface area contributed by atoms with Crippen molar-refractivity contribution in [1.82, 2.24) is 0 Å². The monoisotopic (exact) mass is 196 g/mol. The van der Waals surface area contributed by atoms with E-state index in [1.807, 2.05) is 0 Å². The lowest BCUT2D eigenvalue weighted by atomic mass is 10.0. The SMILES string of the molecule is C=CC(C1CCC(=O)C1)[Si](C)(C)C. The smallest absolute Gasteiger partial charge is 0.133 e. The van der Waals surface area contributed by atoms with Crippen molar-refractivity contribution in [2.24, 2.45) is 5.92 Å². The van der Waals surface area contributed by atoms with Crippen LogP contribution in [0.3, 0.4) is 0 Å². The van der Waals surface area contributed by atoms with Crippen LogP contribution in [-0.2, 0) is 4.79 Å². The van der Waals surface area contributed by atoms with Crippen molar-refractivity contribution in [3.05, 3.63) is 12.7 Å². The van der Waals surface area contributed by atoms with E-state index in [1.165, 1.54) is 0 Å². The van der Waals surface area contributed by atoms with E-state index in [1.54, 1.807) is 0 Å². The largest absolute Gasteiger partial charge is 0.300 e. The molecule has 74 valence electrons. The van der Waals surface area contributed by atoms with Crippen LogP contribution in [0.1, 0.15) is 19.3 Å². The van der Waals surface area contributed by atoms with Gasteiger partial charge in [0.2, 0.25) is 0 Å². The van der Waals surface area contributed by atoms with Crippen LogP contribution in [0.15, 0.2) is 12.7 Å². The molecule has 0 saturated heterocycles. The summed E-state index contributed by atoms with van der Waals surface area (Å²) in [6, 6.07) is 0. The summed E-state index contributed by atoms with van der Waals surface area (Å²) in [4.78, 5) is 11.2. The molecule has 0 aliphatic heterocycles. The minimum Gasteiger partial charge on any atom is -0.300 e. The normalized spacial score (nSPS) is 26.1. The summed E-state index contributed by atoms with van der Waals surface area (Å²) in [7, 11) is -1.15. The van der Waals surface area contributed by atoms with Gasteiger partial charge in [-0.25, -0.2) is 0 Å². The standard InChI is InChI=1S/C11H20OSi/c1-5-11(13(2,3)4)9-6-7-10(12)8-9/h5,9,11H,1,6-8H2,2-4H3. The zero-order chi connectivity index (χ0) is 10.1. The van der Waals surface area contributed by atoms with Gasteiger partial charge in [-0.1, -0.05) is 25.7 Å². The molecule has 0 aromatic carbocycles. The summed E-state index contributed by atoms with van der Waals surface area (Å²) in [5.74, 6) is 1.06. The number of allylic oxidation sites excluding steroid dienone is 1. The highest BCUT2D eigenvalue weighted by Gasteiger charge is 2.35. The molecule has 0 bridgehead atoms. The number of Topliss-reactive ketones (excluding diaryl/α,β-unsaturated/α-hetero) is 1. The molecule has 2 unspecified atom stereocenters. The number of rotatable bonds is 3. The van der Waals surface area contributed by atoms with Gasteiger partial charge in [0.05, 0.1) is 8.07 Å². The van der Waals surface area contributed by atoms with Gasteiger partial charge in [-0.05, 0) is 17.9 Å². The summed E-state index contributed by atoms with van der Waals surface area (Å²) in [5, 5.41) is 0. The quantitative estimate of drug-likeness (QED) is 0.500. The van der Waals surface area contributed by atoms with Gasteiger partial charge in [-0.3, -0.25) is 4.79 Å². The lowest BCUT2D eigenvalue weighted by Gasteiger charge is -2.30. The Kier molecular flexibility index (Phi) is 3.12. The molecule has 0 radical (unpaired) electrons. The third kappa shape index (κ3) is 2.53. The molecule has 0 N–H and O–H groups in total. The van der Waals surface area contributed by atoms with Crippen LogP contribution < -0.4 is 0 Å². The second-order valence-electron chi connectivity index (χ2n) is 5.17. The number of hydrogen-bond donors (Lipinski definition) is 0. The minimum atomic E-state index is -1.15. The Labute approximate surface area is 82.2 Å². The van der Waals surface area contributed by atoms with E-state index in [4.69, 9.17) is 0 Å². The second-order valence-corrected chi connectivity index (χ2v) is 10.6. The van der Waals surface area contributed by atoms with Gasteiger partial charge in [-0.15, -0.1) is 6.58 Å². The summed E-state index contributed by atoms with van der Waals surface area (Å²) >= 11 is 0. The Morgan fingerprint density at radius 1 is 1.54 bits per heavy atom. The Hall–Kier alpha value is -0.373. The molecule has 0 aromatic rings. The molecule has 2 heteroatoms. The van der Waals surface area contributed by atoms with Gasteiger partial charge < -0.3 is 0 Å². The fourth-order valence-corrected chi connectivity index (χ4v) is 4.81. The van der Waals surface area contributed by atoms with Crippen molar-refractivity contribution in [3.63, 3.8) is 0 Å². The summed E-state index contributed by atoms with van der Waals surface area (Å²) in [6.07, 6.45) is 4.80. The highest BCUT2D eigenvalue weighted by atomic mass is 28.3. The molecule has 0 spiro atoms. The third-order valence-electron chi connectivity index (χ3n) is 3.05. The Morgan fingerprint density at radius 2 is 2.15 bits per heavy atom. The molecule has 1 rings (SSSR count). The average molecular weight is 196 g/mol. The van der Waals surface area contributed by atoms with Gasteiger partial charge in [0, 0.05) is 12.8 Å². The van der Waals surface area contributed by atoms with Crippen molar-refractivity contribution in [2.45, 2.75) is 44.4 Å². The van der Waals surface area contributed by atoms with Crippen molar-refractivity contribution in [3.8, 4) is 0 Å². The predicted octanol–water partition coefficient (Wildman–Crippen LogP) is 3.25. The van der Waals surface area contributed by atoms with Crippen LogP contribution >= 0.6 is 0 Å². The maximum absolute atomic E-state index is 11.2. The van der Waals surface area contributed by atoms with Crippen LogP contribution in [0, 0.1) is 5.92 Å². The number of carbonyl (C=O) groups excluding carboxylic acids is 1. The molecule has 13 heavy (non-hydrogen) atoms. The maximum atomic E-state index is 11.2. The summed E-state index contributed by atoms with van der Waals surface area (Å²) in [6.45, 7) is 11.0. The molecule has 1 fully saturated rings. The van der Waals surface area contributed by atoms with Crippen LogP contribution in [0.25, 0.3) is 0 Å². The molecular formula is C11H20OSi. The van der Waals surface area contributed by atoms with E-state index in [0.29, 0.717) is 17.2 Å². The van der Waals surface area contributed by atoms with Gasteiger partial charge >= 0.3 is 0 Å². The topological polar surface area (TPSA) is 17.1 Å². The van der Waals surface area contributed by atoms with Crippen LogP contribution in [-0.4, -0.2) is 13.9 Å². The molecule has 1 nitrogen and oxygen atoms in total.